The lowest BCUT2D eigenvalue weighted by molar-refractivity contribution is 0.203. The molecule has 3 heteroatoms. The molecule has 1 heterocycles. The summed E-state index contributed by atoms with van der Waals surface area (Å²) >= 11 is 0. The molecule has 0 amide bonds. The lowest BCUT2D eigenvalue weighted by Gasteiger charge is -2.27. The van der Waals surface area contributed by atoms with Crippen LogP contribution >= 0.6 is 0 Å². The molecule has 0 aromatic rings. The highest BCUT2D eigenvalue weighted by atomic mass is 15.2. The van der Waals surface area contributed by atoms with E-state index in [0.29, 0.717) is 18.4 Å². The van der Waals surface area contributed by atoms with Crippen LogP contribution in [0.15, 0.2) is 0 Å². The Labute approximate surface area is 106 Å². The first-order chi connectivity index (χ1) is 8.02. The molecule has 3 nitrogen and oxygen atoms in total. The number of nitriles is 1. The Morgan fingerprint density at radius 3 is 2.59 bits per heavy atom. The number of hydrogen-bond acceptors (Lipinski definition) is 3. The highest BCUT2D eigenvalue weighted by Gasteiger charge is 2.25. The highest BCUT2D eigenvalue weighted by Crippen LogP contribution is 2.16. The summed E-state index contributed by atoms with van der Waals surface area (Å²) in [6.07, 6.45) is 1.91. The van der Waals surface area contributed by atoms with E-state index in [1.165, 1.54) is 19.5 Å². The molecule has 17 heavy (non-hydrogen) atoms. The van der Waals surface area contributed by atoms with Crippen molar-refractivity contribution in [2.75, 3.05) is 33.2 Å². The smallest absolute Gasteiger partial charge is 0.0638 e. The standard InChI is InChI=1S/C14H27N3/c1-12(2)6-8-17-10-13(3)9-16(4)14(11-17)5-7-15/h12-14H,5-6,8-11H2,1-4H3. The van der Waals surface area contributed by atoms with E-state index >= 15 is 0 Å². The van der Waals surface area contributed by atoms with Gasteiger partial charge in [-0.15, -0.1) is 0 Å². The molecule has 1 aliphatic rings. The zero-order chi connectivity index (χ0) is 12.8. The Kier molecular flexibility index (Phi) is 5.94. The fraction of sp³-hybridized carbons (Fsp3) is 0.929. The first-order valence-electron chi connectivity index (χ1n) is 6.82. The monoisotopic (exact) mass is 237 g/mol. The quantitative estimate of drug-likeness (QED) is 0.751. The minimum Gasteiger partial charge on any atom is -0.301 e. The zero-order valence-corrected chi connectivity index (χ0v) is 11.8. The average molecular weight is 237 g/mol. The molecule has 2 unspecified atom stereocenters. The molecule has 0 radical (unpaired) electrons. The average Bonchev–Trinajstić information content (AvgIpc) is 2.36. The first-order valence-corrected chi connectivity index (χ1v) is 6.82. The van der Waals surface area contributed by atoms with Crippen LogP contribution in [0.1, 0.15) is 33.6 Å². The van der Waals surface area contributed by atoms with Gasteiger partial charge in [-0.25, -0.2) is 0 Å². The van der Waals surface area contributed by atoms with Crippen molar-refractivity contribution in [3.63, 3.8) is 0 Å². The van der Waals surface area contributed by atoms with Gasteiger partial charge < -0.3 is 9.80 Å². The molecule has 1 fully saturated rings. The van der Waals surface area contributed by atoms with Gasteiger partial charge in [0, 0.05) is 25.7 Å². The van der Waals surface area contributed by atoms with Crippen LogP contribution in [0.25, 0.3) is 0 Å². The van der Waals surface area contributed by atoms with E-state index in [0.717, 1.165) is 19.0 Å². The molecule has 0 spiro atoms. The van der Waals surface area contributed by atoms with Crippen LogP contribution in [-0.4, -0.2) is 49.1 Å². The Morgan fingerprint density at radius 1 is 1.29 bits per heavy atom. The second kappa shape index (κ2) is 6.98. The van der Waals surface area contributed by atoms with Crippen LogP contribution in [-0.2, 0) is 0 Å². The van der Waals surface area contributed by atoms with Gasteiger partial charge in [0.2, 0.25) is 0 Å². The fourth-order valence-electron chi connectivity index (χ4n) is 2.60. The molecule has 0 bridgehead atoms. The predicted octanol–water partition coefficient (Wildman–Crippen LogP) is 2.20. The fourth-order valence-corrected chi connectivity index (χ4v) is 2.60. The predicted molar refractivity (Wildman–Crippen MR) is 71.7 cm³/mol. The van der Waals surface area contributed by atoms with Gasteiger partial charge in [0.15, 0.2) is 0 Å². The number of likely N-dealkylation sites (N-methyl/N-ethyl adjacent to an activating group) is 1. The highest BCUT2D eigenvalue weighted by molar-refractivity contribution is 4.87. The second-order valence-electron chi connectivity index (χ2n) is 6.00. The van der Waals surface area contributed by atoms with Crippen molar-refractivity contribution in [3.05, 3.63) is 0 Å². The summed E-state index contributed by atoms with van der Waals surface area (Å²) in [5, 5.41) is 8.90. The minimum atomic E-state index is 0.414. The molecule has 0 N–H and O–H groups in total. The third-order valence-electron chi connectivity index (χ3n) is 3.61. The van der Waals surface area contributed by atoms with Crippen molar-refractivity contribution in [2.45, 2.75) is 39.7 Å². The van der Waals surface area contributed by atoms with Gasteiger partial charge in [-0.1, -0.05) is 20.8 Å². The van der Waals surface area contributed by atoms with Crippen molar-refractivity contribution in [1.82, 2.24) is 9.80 Å². The van der Waals surface area contributed by atoms with Crippen molar-refractivity contribution < 1.29 is 0 Å². The summed E-state index contributed by atoms with van der Waals surface area (Å²) in [4.78, 5) is 4.92. The minimum absolute atomic E-state index is 0.414. The van der Waals surface area contributed by atoms with E-state index in [1.54, 1.807) is 0 Å². The van der Waals surface area contributed by atoms with Gasteiger partial charge in [0.25, 0.3) is 0 Å². The van der Waals surface area contributed by atoms with E-state index in [2.05, 4.69) is 43.7 Å². The molecule has 0 aromatic heterocycles. The third kappa shape index (κ3) is 5.06. The third-order valence-corrected chi connectivity index (χ3v) is 3.61. The molecule has 2 atom stereocenters. The number of hydrogen-bond donors (Lipinski definition) is 0. The normalized spacial score (nSPS) is 28.0. The maximum atomic E-state index is 8.90. The molecule has 1 rings (SSSR count). The van der Waals surface area contributed by atoms with Crippen molar-refractivity contribution >= 4 is 0 Å². The SMILES string of the molecule is CC(C)CCN1CC(C)CN(C)C(CC#N)C1. The summed E-state index contributed by atoms with van der Waals surface area (Å²) in [5.41, 5.74) is 0. The molecule has 0 aliphatic carbocycles. The maximum Gasteiger partial charge on any atom is 0.0638 e. The molecule has 1 aliphatic heterocycles. The van der Waals surface area contributed by atoms with Gasteiger partial charge in [-0.2, -0.15) is 5.26 Å². The summed E-state index contributed by atoms with van der Waals surface area (Å²) in [7, 11) is 2.16. The molecule has 0 aromatic carbocycles. The second-order valence-corrected chi connectivity index (χ2v) is 6.00. The molecule has 1 saturated heterocycles. The number of rotatable bonds is 4. The van der Waals surface area contributed by atoms with Crippen LogP contribution in [0.4, 0.5) is 0 Å². The van der Waals surface area contributed by atoms with E-state index in [9.17, 15) is 0 Å². The van der Waals surface area contributed by atoms with Crippen molar-refractivity contribution in [3.8, 4) is 6.07 Å². The topological polar surface area (TPSA) is 30.3 Å². The van der Waals surface area contributed by atoms with Crippen LogP contribution < -0.4 is 0 Å². The molecular weight excluding hydrogens is 210 g/mol. The van der Waals surface area contributed by atoms with Gasteiger partial charge in [0.05, 0.1) is 12.5 Å². The lowest BCUT2D eigenvalue weighted by Crippen LogP contribution is -2.39. The first kappa shape index (κ1) is 14.5. The van der Waals surface area contributed by atoms with E-state index < -0.39 is 0 Å². The van der Waals surface area contributed by atoms with E-state index in [1.807, 2.05) is 0 Å². The van der Waals surface area contributed by atoms with Crippen LogP contribution in [0, 0.1) is 23.2 Å². The van der Waals surface area contributed by atoms with Crippen LogP contribution in [0.5, 0.6) is 0 Å². The zero-order valence-electron chi connectivity index (χ0n) is 11.8. The Balaban J connectivity index is 2.55. The Bertz CT molecular complexity index is 257. The van der Waals surface area contributed by atoms with Gasteiger partial charge in [-0.05, 0) is 31.8 Å². The summed E-state index contributed by atoms with van der Waals surface area (Å²) in [6, 6.07) is 2.74. The Morgan fingerprint density at radius 2 is 2.00 bits per heavy atom. The summed E-state index contributed by atoms with van der Waals surface area (Å²) in [6.45, 7) is 11.4. The van der Waals surface area contributed by atoms with E-state index in [-0.39, 0.29) is 0 Å². The largest absolute Gasteiger partial charge is 0.301 e. The molecule has 0 saturated carbocycles. The maximum absolute atomic E-state index is 8.90. The lowest BCUT2D eigenvalue weighted by atomic mass is 10.1. The van der Waals surface area contributed by atoms with Gasteiger partial charge >= 0.3 is 0 Å². The summed E-state index contributed by atoms with van der Waals surface area (Å²) < 4.78 is 0. The van der Waals surface area contributed by atoms with Gasteiger partial charge in [-0.3, -0.25) is 0 Å². The summed E-state index contributed by atoms with van der Waals surface area (Å²) in [5.74, 6) is 1.47. The number of nitrogens with zero attached hydrogens (tertiary/aromatic N) is 3. The van der Waals surface area contributed by atoms with Crippen molar-refractivity contribution in [2.24, 2.45) is 11.8 Å². The van der Waals surface area contributed by atoms with E-state index in [4.69, 9.17) is 5.26 Å². The molecular formula is C14H27N3. The Hall–Kier alpha value is -0.590. The van der Waals surface area contributed by atoms with Crippen LogP contribution in [0.3, 0.4) is 0 Å². The van der Waals surface area contributed by atoms with Gasteiger partial charge in [0.1, 0.15) is 0 Å². The van der Waals surface area contributed by atoms with Crippen molar-refractivity contribution in [1.29, 1.82) is 5.26 Å². The molecule has 98 valence electrons. The van der Waals surface area contributed by atoms with Crippen LogP contribution in [0.2, 0.25) is 0 Å².